The van der Waals surface area contributed by atoms with E-state index in [0.717, 1.165) is 30.5 Å². The molecule has 1 aliphatic rings. The van der Waals surface area contributed by atoms with E-state index in [1.165, 1.54) is 24.9 Å². The van der Waals surface area contributed by atoms with Crippen molar-refractivity contribution < 1.29 is 0 Å². The molecule has 102 valence electrons. The number of hydrogen-bond donors (Lipinski definition) is 1. The first-order valence-corrected chi connectivity index (χ1v) is 7.09. The van der Waals surface area contributed by atoms with Gasteiger partial charge in [-0.05, 0) is 44.0 Å². The molecule has 1 N–H and O–H groups in total. The fraction of sp³-hybridized carbons (Fsp3) is 0.533. The predicted molar refractivity (Wildman–Crippen MR) is 79.6 cm³/mol. The Labute approximate surface area is 114 Å². The molecule has 1 aromatic heterocycles. The highest BCUT2D eigenvalue weighted by atomic mass is 15.3. The number of nitrogens with zero attached hydrogens (tertiary/aromatic N) is 3. The van der Waals surface area contributed by atoms with Gasteiger partial charge in [0.05, 0.1) is 11.0 Å². The number of benzene rings is 1. The number of rotatable bonds is 3. The summed E-state index contributed by atoms with van der Waals surface area (Å²) in [5.74, 6) is 1.80. The normalized spacial score (nSPS) is 19.8. The van der Waals surface area contributed by atoms with Crippen molar-refractivity contribution >= 4 is 17.0 Å². The number of aryl methyl sites for hydroxylation is 1. The number of anilines is 1. The summed E-state index contributed by atoms with van der Waals surface area (Å²) >= 11 is 0. The summed E-state index contributed by atoms with van der Waals surface area (Å²) in [5, 5.41) is 3.48. The highest BCUT2D eigenvalue weighted by Crippen LogP contribution is 2.21. The van der Waals surface area contributed by atoms with Crippen LogP contribution in [0.15, 0.2) is 24.3 Å². The van der Waals surface area contributed by atoms with E-state index in [1.807, 2.05) is 6.07 Å². The molecular weight excluding hydrogens is 236 g/mol. The van der Waals surface area contributed by atoms with Gasteiger partial charge in [-0.1, -0.05) is 12.1 Å². The number of para-hydroxylation sites is 2. The number of hydrogen-bond acceptors (Lipinski definition) is 3. The molecule has 1 aromatic carbocycles. The number of fused-ring (bicyclic) bond motifs is 1. The summed E-state index contributed by atoms with van der Waals surface area (Å²) in [6.07, 6.45) is 2.61. The lowest BCUT2D eigenvalue weighted by atomic mass is 9.99. The molecule has 1 atom stereocenters. The lowest BCUT2D eigenvalue weighted by molar-refractivity contribution is 0.379. The van der Waals surface area contributed by atoms with Crippen LogP contribution in [0.25, 0.3) is 11.0 Å². The Morgan fingerprint density at radius 3 is 3.00 bits per heavy atom. The lowest BCUT2D eigenvalue weighted by Gasteiger charge is -2.28. The van der Waals surface area contributed by atoms with Gasteiger partial charge >= 0.3 is 0 Å². The Hall–Kier alpha value is -1.55. The molecular formula is C15H22N4. The number of imidazole rings is 1. The Bertz CT molecular complexity index is 554. The van der Waals surface area contributed by atoms with E-state index in [-0.39, 0.29) is 0 Å². The monoisotopic (exact) mass is 258 g/mol. The van der Waals surface area contributed by atoms with Crippen LogP contribution in [-0.4, -0.2) is 36.2 Å². The summed E-state index contributed by atoms with van der Waals surface area (Å²) in [5.41, 5.74) is 2.28. The van der Waals surface area contributed by atoms with Gasteiger partial charge in [-0.15, -0.1) is 0 Å². The molecule has 0 radical (unpaired) electrons. The minimum atomic E-state index is 0.735. The van der Waals surface area contributed by atoms with Crippen molar-refractivity contribution in [2.24, 2.45) is 13.0 Å². The van der Waals surface area contributed by atoms with Crippen LogP contribution in [0.5, 0.6) is 0 Å². The van der Waals surface area contributed by atoms with Crippen molar-refractivity contribution in [3.63, 3.8) is 0 Å². The second-order valence-corrected chi connectivity index (χ2v) is 5.55. The maximum atomic E-state index is 4.75. The van der Waals surface area contributed by atoms with Gasteiger partial charge in [-0.3, -0.25) is 0 Å². The predicted octanol–water partition coefficient (Wildman–Crippen LogP) is 2.01. The van der Waals surface area contributed by atoms with Crippen LogP contribution in [-0.2, 0) is 7.05 Å². The Morgan fingerprint density at radius 2 is 2.26 bits per heavy atom. The molecule has 1 saturated heterocycles. The molecule has 0 aliphatic carbocycles. The van der Waals surface area contributed by atoms with Crippen molar-refractivity contribution in [1.29, 1.82) is 0 Å². The molecule has 2 aromatic rings. The van der Waals surface area contributed by atoms with E-state index in [4.69, 9.17) is 4.98 Å². The highest BCUT2D eigenvalue weighted by molar-refractivity contribution is 5.78. The first-order valence-electron chi connectivity index (χ1n) is 7.09. The van der Waals surface area contributed by atoms with Gasteiger partial charge in [0, 0.05) is 20.6 Å². The van der Waals surface area contributed by atoms with Crippen molar-refractivity contribution in [3.8, 4) is 0 Å². The SMILES string of the molecule is CN(CC1CCCNC1)c1nc2ccccc2n1C. The summed E-state index contributed by atoms with van der Waals surface area (Å²) in [4.78, 5) is 7.04. The van der Waals surface area contributed by atoms with E-state index < -0.39 is 0 Å². The molecule has 1 fully saturated rings. The standard InChI is InChI=1S/C15H22N4/c1-18(11-12-6-5-9-16-10-12)15-17-13-7-3-4-8-14(13)19(15)2/h3-4,7-8,12,16H,5-6,9-11H2,1-2H3. The molecule has 4 nitrogen and oxygen atoms in total. The molecule has 0 spiro atoms. The molecule has 1 aliphatic heterocycles. The van der Waals surface area contributed by atoms with Gasteiger partial charge in [0.2, 0.25) is 5.95 Å². The lowest BCUT2D eigenvalue weighted by Crippen LogP contribution is -2.37. The molecule has 0 bridgehead atoms. The van der Waals surface area contributed by atoms with E-state index in [0.29, 0.717) is 0 Å². The second kappa shape index (κ2) is 5.21. The summed E-state index contributed by atoms with van der Waals surface area (Å²) in [6, 6.07) is 8.32. The maximum Gasteiger partial charge on any atom is 0.206 e. The van der Waals surface area contributed by atoms with Gasteiger partial charge < -0.3 is 14.8 Å². The third-order valence-corrected chi connectivity index (χ3v) is 4.04. The molecule has 0 amide bonds. The van der Waals surface area contributed by atoms with Crippen molar-refractivity contribution in [1.82, 2.24) is 14.9 Å². The zero-order chi connectivity index (χ0) is 13.2. The first kappa shape index (κ1) is 12.5. The third-order valence-electron chi connectivity index (χ3n) is 4.04. The number of piperidine rings is 1. The van der Waals surface area contributed by atoms with Gasteiger partial charge in [0.25, 0.3) is 0 Å². The zero-order valence-corrected chi connectivity index (χ0v) is 11.8. The number of nitrogens with one attached hydrogen (secondary N) is 1. The van der Waals surface area contributed by atoms with Gasteiger partial charge in [0.15, 0.2) is 0 Å². The first-order chi connectivity index (χ1) is 9.25. The average Bonchev–Trinajstić information content (AvgIpc) is 2.78. The molecule has 19 heavy (non-hydrogen) atoms. The van der Waals surface area contributed by atoms with Crippen molar-refractivity contribution in [3.05, 3.63) is 24.3 Å². The van der Waals surface area contributed by atoms with Gasteiger partial charge in [0.1, 0.15) is 0 Å². The van der Waals surface area contributed by atoms with Crippen LogP contribution in [0.1, 0.15) is 12.8 Å². The van der Waals surface area contributed by atoms with Gasteiger partial charge in [-0.25, -0.2) is 4.98 Å². The van der Waals surface area contributed by atoms with Gasteiger partial charge in [-0.2, -0.15) is 0 Å². The van der Waals surface area contributed by atoms with Crippen LogP contribution in [0.3, 0.4) is 0 Å². The van der Waals surface area contributed by atoms with Crippen molar-refractivity contribution in [2.75, 3.05) is 31.6 Å². The maximum absolute atomic E-state index is 4.75. The topological polar surface area (TPSA) is 33.1 Å². The van der Waals surface area contributed by atoms with E-state index in [9.17, 15) is 0 Å². The summed E-state index contributed by atoms with van der Waals surface area (Å²) in [6.45, 7) is 3.38. The van der Waals surface area contributed by atoms with Crippen LogP contribution < -0.4 is 10.2 Å². The Balaban J connectivity index is 1.80. The van der Waals surface area contributed by atoms with Crippen LogP contribution in [0.2, 0.25) is 0 Å². The Kier molecular flexibility index (Phi) is 3.42. The molecule has 1 unspecified atom stereocenters. The third kappa shape index (κ3) is 2.45. The fourth-order valence-corrected chi connectivity index (χ4v) is 3.02. The molecule has 2 heterocycles. The minimum absolute atomic E-state index is 0.735. The van der Waals surface area contributed by atoms with E-state index >= 15 is 0 Å². The summed E-state index contributed by atoms with van der Waals surface area (Å²) in [7, 11) is 4.25. The zero-order valence-electron chi connectivity index (χ0n) is 11.8. The molecule has 3 rings (SSSR count). The second-order valence-electron chi connectivity index (χ2n) is 5.55. The van der Waals surface area contributed by atoms with Crippen LogP contribution >= 0.6 is 0 Å². The molecule has 0 saturated carbocycles. The smallest absolute Gasteiger partial charge is 0.206 e. The van der Waals surface area contributed by atoms with Crippen LogP contribution in [0, 0.1) is 5.92 Å². The van der Waals surface area contributed by atoms with Crippen molar-refractivity contribution in [2.45, 2.75) is 12.8 Å². The fourth-order valence-electron chi connectivity index (χ4n) is 3.02. The average molecular weight is 258 g/mol. The van der Waals surface area contributed by atoms with E-state index in [2.05, 4.69) is 47.1 Å². The minimum Gasteiger partial charge on any atom is -0.345 e. The quantitative estimate of drug-likeness (QED) is 0.914. The number of aromatic nitrogens is 2. The largest absolute Gasteiger partial charge is 0.345 e. The van der Waals surface area contributed by atoms with E-state index in [1.54, 1.807) is 0 Å². The highest BCUT2D eigenvalue weighted by Gasteiger charge is 2.18. The molecule has 4 heteroatoms. The summed E-state index contributed by atoms with van der Waals surface area (Å²) < 4.78 is 2.19. The Morgan fingerprint density at radius 1 is 1.42 bits per heavy atom. The van der Waals surface area contributed by atoms with Crippen LogP contribution in [0.4, 0.5) is 5.95 Å².